The number of carbonyl (C=O) groups is 4. The van der Waals surface area contributed by atoms with E-state index in [9.17, 15) is 19.2 Å². The fourth-order valence-electron chi connectivity index (χ4n) is 2.72. The molecule has 1 unspecified atom stereocenters. The maximum absolute atomic E-state index is 12.6. The molecule has 0 heterocycles. The minimum Gasteiger partial charge on any atom is -0.497 e. The van der Waals surface area contributed by atoms with Crippen LogP contribution in [0.15, 0.2) is 42.5 Å². The molecular formula is C22H21Cl4NO5. The average molecular weight is 521 g/mol. The number of hydrogen-bond donors (Lipinski definition) is 0. The Morgan fingerprint density at radius 1 is 1.03 bits per heavy atom. The molecule has 6 nitrogen and oxygen atoms in total. The monoisotopic (exact) mass is 519 g/mol. The van der Waals surface area contributed by atoms with Crippen LogP contribution in [0.1, 0.15) is 29.9 Å². The van der Waals surface area contributed by atoms with Crippen molar-refractivity contribution in [3.8, 4) is 5.75 Å². The summed E-state index contributed by atoms with van der Waals surface area (Å²) in [5, 5.41) is -1.42. The molecule has 0 radical (unpaired) electrons. The Morgan fingerprint density at radius 3 is 2.22 bits per heavy atom. The van der Waals surface area contributed by atoms with E-state index in [-0.39, 0.29) is 24.7 Å². The molecular weight excluding hydrogens is 500 g/mol. The third-order valence-corrected chi connectivity index (χ3v) is 5.53. The molecule has 1 atom stereocenters. The molecule has 0 aliphatic heterocycles. The van der Waals surface area contributed by atoms with E-state index in [0.29, 0.717) is 16.6 Å². The molecule has 0 bridgehead atoms. The van der Waals surface area contributed by atoms with Crippen LogP contribution in [0.5, 0.6) is 5.75 Å². The van der Waals surface area contributed by atoms with Gasteiger partial charge in [0, 0.05) is 26.4 Å². The number of amides is 1. The van der Waals surface area contributed by atoms with E-state index in [1.54, 1.807) is 37.3 Å². The summed E-state index contributed by atoms with van der Waals surface area (Å²) in [6, 6.07) is 12.8. The van der Waals surface area contributed by atoms with E-state index in [1.807, 2.05) is 24.3 Å². The second kappa shape index (κ2) is 14.1. The van der Waals surface area contributed by atoms with E-state index in [0.717, 1.165) is 23.2 Å². The molecule has 2 aromatic carbocycles. The van der Waals surface area contributed by atoms with E-state index >= 15 is 0 Å². The predicted octanol–water partition coefficient (Wildman–Crippen LogP) is 5.24. The molecule has 2 aromatic rings. The molecule has 0 N–H and O–H groups in total. The predicted molar refractivity (Wildman–Crippen MR) is 126 cm³/mol. The van der Waals surface area contributed by atoms with Gasteiger partial charge in [-0.25, -0.2) is 0 Å². The van der Waals surface area contributed by atoms with Crippen LogP contribution in [-0.2, 0) is 25.7 Å². The Balaban J connectivity index is 0.000000751. The summed E-state index contributed by atoms with van der Waals surface area (Å²) in [4.78, 5) is 44.2. The van der Waals surface area contributed by atoms with Crippen molar-refractivity contribution < 1.29 is 23.9 Å². The third-order valence-electron chi connectivity index (χ3n) is 4.35. The van der Waals surface area contributed by atoms with Crippen molar-refractivity contribution in [1.82, 2.24) is 4.90 Å². The SMILES string of the molecule is COc1cccc(CN(C)C(=O)CC(CC=O)c2ccc(Cl)c(Cl)c2)c1.O=C(Cl)C(=O)Cl. The van der Waals surface area contributed by atoms with Gasteiger partial charge in [-0.3, -0.25) is 14.4 Å². The Kier molecular flexibility index (Phi) is 12.3. The fraction of sp³-hybridized carbons (Fsp3) is 0.273. The van der Waals surface area contributed by atoms with Crippen molar-refractivity contribution in [2.24, 2.45) is 0 Å². The lowest BCUT2D eigenvalue weighted by Gasteiger charge is -2.21. The molecule has 0 spiro atoms. The van der Waals surface area contributed by atoms with Crippen LogP contribution in [0.25, 0.3) is 0 Å². The van der Waals surface area contributed by atoms with Crippen molar-refractivity contribution in [1.29, 1.82) is 0 Å². The van der Waals surface area contributed by atoms with Crippen molar-refractivity contribution in [2.45, 2.75) is 25.3 Å². The first-order valence-corrected chi connectivity index (χ1v) is 10.7. The molecule has 2 rings (SSSR count). The van der Waals surface area contributed by atoms with Gasteiger partial charge in [0.15, 0.2) is 0 Å². The zero-order chi connectivity index (χ0) is 24.3. The molecule has 172 valence electrons. The first-order valence-electron chi connectivity index (χ1n) is 9.23. The second-order valence-corrected chi connectivity index (χ2v) is 8.13. The highest BCUT2D eigenvalue weighted by Gasteiger charge is 2.19. The van der Waals surface area contributed by atoms with Gasteiger partial charge in [0.1, 0.15) is 12.0 Å². The van der Waals surface area contributed by atoms with Crippen LogP contribution < -0.4 is 4.74 Å². The highest BCUT2D eigenvalue weighted by Crippen LogP contribution is 2.30. The minimum atomic E-state index is -1.14. The molecule has 32 heavy (non-hydrogen) atoms. The smallest absolute Gasteiger partial charge is 0.304 e. The zero-order valence-corrected chi connectivity index (χ0v) is 20.3. The van der Waals surface area contributed by atoms with Crippen LogP contribution in [-0.4, -0.2) is 41.7 Å². The van der Waals surface area contributed by atoms with Gasteiger partial charge in [0.25, 0.3) is 0 Å². The van der Waals surface area contributed by atoms with E-state index in [1.165, 1.54) is 0 Å². The molecule has 0 saturated heterocycles. The second-order valence-electron chi connectivity index (χ2n) is 6.63. The lowest BCUT2D eigenvalue weighted by molar-refractivity contribution is -0.130. The zero-order valence-electron chi connectivity index (χ0n) is 17.3. The Bertz CT molecular complexity index is 955. The minimum absolute atomic E-state index is 0.0502. The fourth-order valence-corrected chi connectivity index (χ4v) is 3.03. The maximum atomic E-state index is 12.6. The summed E-state index contributed by atoms with van der Waals surface area (Å²) < 4.78 is 5.21. The van der Waals surface area contributed by atoms with Gasteiger partial charge in [-0.15, -0.1) is 0 Å². The first kappa shape index (κ1) is 27.9. The van der Waals surface area contributed by atoms with Crippen molar-refractivity contribution >= 4 is 69.1 Å². The molecule has 0 fully saturated rings. The Hall–Kier alpha value is -2.12. The van der Waals surface area contributed by atoms with Crippen molar-refractivity contribution in [2.75, 3.05) is 14.2 Å². The number of benzene rings is 2. The number of aldehydes is 1. The Morgan fingerprint density at radius 2 is 1.69 bits per heavy atom. The number of nitrogens with zero attached hydrogens (tertiary/aromatic N) is 1. The number of hydrogen-bond acceptors (Lipinski definition) is 5. The van der Waals surface area contributed by atoms with Gasteiger partial charge < -0.3 is 14.4 Å². The van der Waals surface area contributed by atoms with Crippen molar-refractivity contribution in [3.05, 3.63) is 63.6 Å². The molecule has 10 heteroatoms. The summed E-state index contributed by atoms with van der Waals surface area (Å²) in [6.07, 6.45) is 1.29. The Labute approximate surface area is 206 Å². The van der Waals surface area contributed by atoms with Crippen molar-refractivity contribution in [3.63, 3.8) is 0 Å². The number of rotatable bonds is 9. The normalized spacial score (nSPS) is 10.9. The van der Waals surface area contributed by atoms with Gasteiger partial charge in [-0.1, -0.05) is 41.4 Å². The largest absolute Gasteiger partial charge is 0.497 e. The molecule has 0 saturated carbocycles. The molecule has 0 aliphatic rings. The number of halogens is 4. The summed E-state index contributed by atoms with van der Waals surface area (Å²) in [7, 11) is 3.35. The number of carbonyl (C=O) groups excluding carboxylic acids is 4. The van der Waals surface area contributed by atoms with Gasteiger partial charge in [0.2, 0.25) is 5.91 Å². The highest BCUT2D eigenvalue weighted by molar-refractivity contribution is 6.97. The topological polar surface area (TPSA) is 80.8 Å². The lowest BCUT2D eigenvalue weighted by atomic mass is 9.92. The van der Waals surface area contributed by atoms with Gasteiger partial charge in [0.05, 0.1) is 17.2 Å². The third kappa shape index (κ3) is 9.57. The van der Waals surface area contributed by atoms with Crippen LogP contribution in [0, 0.1) is 0 Å². The average Bonchev–Trinajstić information content (AvgIpc) is 2.75. The standard InChI is InChI=1S/C20H21Cl2NO3.C2Cl2O2/c1-23(13-14-4-3-5-17(10-14)26-2)20(25)12-16(8-9-24)15-6-7-18(21)19(22)11-15;3-1(5)2(4)6/h3-7,9-11,16H,8,12-13H2,1-2H3;. The molecule has 1 amide bonds. The van der Waals surface area contributed by atoms with Crippen LogP contribution in [0.2, 0.25) is 10.0 Å². The summed E-state index contributed by atoms with van der Waals surface area (Å²) in [6.45, 7) is 0.464. The van der Waals surface area contributed by atoms with E-state index in [4.69, 9.17) is 27.9 Å². The molecule has 0 aromatic heterocycles. The first-order chi connectivity index (χ1) is 15.1. The number of ether oxygens (including phenoxy) is 1. The summed E-state index contributed by atoms with van der Waals surface area (Å²) in [5.41, 5.74) is 1.80. The van der Waals surface area contributed by atoms with Crippen LogP contribution in [0.4, 0.5) is 0 Å². The summed E-state index contributed by atoms with van der Waals surface area (Å²) >= 11 is 21.0. The van der Waals surface area contributed by atoms with E-state index in [2.05, 4.69) is 23.2 Å². The quantitative estimate of drug-likeness (QED) is 0.256. The van der Waals surface area contributed by atoms with E-state index < -0.39 is 10.5 Å². The summed E-state index contributed by atoms with van der Waals surface area (Å²) in [5.74, 6) is 0.464. The van der Waals surface area contributed by atoms with Gasteiger partial charge in [-0.2, -0.15) is 0 Å². The maximum Gasteiger partial charge on any atom is 0.304 e. The number of methoxy groups -OCH3 is 1. The van der Waals surface area contributed by atoms with Crippen LogP contribution >= 0.6 is 46.4 Å². The lowest BCUT2D eigenvalue weighted by Crippen LogP contribution is -2.27. The highest BCUT2D eigenvalue weighted by atomic mass is 35.5. The molecule has 0 aliphatic carbocycles. The van der Waals surface area contributed by atoms with Gasteiger partial charge >= 0.3 is 10.5 Å². The van der Waals surface area contributed by atoms with Gasteiger partial charge in [-0.05, 0) is 64.5 Å². The van der Waals surface area contributed by atoms with Crippen LogP contribution in [0.3, 0.4) is 0 Å².